The molecule has 1 unspecified atom stereocenters. The summed E-state index contributed by atoms with van der Waals surface area (Å²) < 4.78 is 0. The molecule has 19 heavy (non-hydrogen) atoms. The van der Waals surface area contributed by atoms with Crippen LogP contribution in [-0.4, -0.2) is 33.4 Å². The number of carboxylic acid groups (broad SMARTS) is 1. The number of carbonyl (C=O) groups is 2. The van der Waals surface area contributed by atoms with Crippen molar-refractivity contribution < 1.29 is 14.7 Å². The minimum atomic E-state index is -0.987. The lowest BCUT2D eigenvalue weighted by Gasteiger charge is -2.16. The zero-order valence-corrected chi connectivity index (χ0v) is 11.0. The summed E-state index contributed by atoms with van der Waals surface area (Å²) in [6.07, 6.45) is 4.13. The van der Waals surface area contributed by atoms with Gasteiger partial charge in [-0.3, -0.25) is 9.78 Å². The molecule has 0 bridgehead atoms. The van der Waals surface area contributed by atoms with Crippen LogP contribution in [-0.2, 0) is 11.3 Å². The summed E-state index contributed by atoms with van der Waals surface area (Å²) >= 11 is 0. The second kappa shape index (κ2) is 5.82. The zero-order chi connectivity index (χ0) is 13.8. The Balaban J connectivity index is 1.97. The van der Waals surface area contributed by atoms with Gasteiger partial charge in [0, 0.05) is 19.2 Å². The second-order valence-electron chi connectivity index (χ2n) is 4.98. The molecule has 0 spiro atoms. The third kappa shape index (κ3) is 3.30. The van der Waals surface area contributed by atoms with Gasteiger partial charge in [0.2, 0.25) is 5.91 Å². The van der Waals surface area contributed by atoms with Crippen molar-refractivity contribution in [2.45, 2.75) is 32.7 Å². The largest absolute Gasteiger partial charge is 0.478 e. The first-order chi connectivity index (χ1) is 9.10. The molecule has 1 fully saturated rings. The van der Waals surface area contributed by atoms with E-state index in [1.54, 1.807) is 6.07 Å². The fourth-order valence-corrected chi connectivity index (χ4v) is 2.45. The molecule has 2 rings (SSSR count). The number of carboxylic acids is 1. The van der Waals surface area contributed by atoms with Crippen molar-refractivity contribution in [1.82, 2.24) is 9.88 Å². The Hall–Kier alpha value is -1.91. The predicted octanol–water partition coefficient (Wildman–Crippen LogP) is 1.93. The SMILES string of the molecule is CCCC1CC(=O)N(Cc2ccc(C(=O)O)cn2)C1. The van der Waals surface area contributed by atoms with E-state index in [2.05, 4.69) is 11.9 Å². The van der Waals surface area contributed by atoms with E-state index in [4.69, 9.17) is 5.11 Å². The molecule has 0 radical (unpaired) electrons. The van der Waals surface area contributed by atoms with Crippen molar-refractivity contribution in [2.75, 3.05) is 6.54 Å². The minimum Gasteiger partial charge on any atom is -0.478 e. The number of nitrogens with zero attached hydrogens (tertiary/aromatic N) is 2. The van der Waals surface area contributed by atoms with Crippen LogP contribution in [0.15, 0.2) is 18.3 Å². The van der Waals surface area contributed by atoms with Crippen molar-refractivity contribution >= 4 is 11.9 Å². The van der Waals surface area contributed by atoms with E-state index in [9.17, 15) is 9.59 Å². The van der Waals surface area contributed by atoms with Gasteiger partial charge in [0.15, 0.2) is 0 Å². The van der Waals surface area contributed by atoms with Gasteiger partial charge < -0.3 is 10.0 Å². The molecule has 102 valence electrons. The quantitative estimate of drug-likeness (QED) is 0.880. The standard InChI is InChI=1S/C14H18N2O3/c1-2-3-10-6-13(17)16(8-10)9-12-5-4-11(7-15-12)14(18)19/h4-5,7,10H,2-3,6,8-9H2,1H3,(H,18,19). The number of likely N-dealkylation sites (tertiary alicyclic amines) is 1. The number of carbonyl (C=O) groups excluding carboxylic acids is 1. The van der Waals surface area contributed by atoms with Crippen molar-refractivity contribution in [1.29, 1.82) is 0 Å². The Labute approximate surface area is 112 Å². The van der Waals surface area contributed by atoms with Crippen molar-refractivity contribution in [3.8, 4) is 0 Å². The van der Waals surface area contributed by atoms with E-state index in [0.29, 0.717) is 18.9 Å². The lowest BCUT2D eigenvalue weighted by atomic mass is 10.0. The zero-order valence-electron chi connectivity index (χ0n) is 11.0. The van der Waals surface area contributed by atoms with Gasteiger partial charge >= 0.3 is 5.97 Å². The maximum Gasteiger partial charge on any atom is 0.337 e. The number of amides is 1. The number of pyridine rings is 1. The third-order valence-corrected chi connectivity index (χ3v) is 3.42. The summed E-state index contributed by atoms with van der Waals surface area (Å²) in [5.74, 6) is -0.363. The van der Waals surface area contributed by atoms with Crippen LogP contribution in [0.1, 0.15) is 42.2 Å². The highest BCUT2D eigenvalue weighted by Gasteiger charge is 2.28. The van der Waals surface area contributed by atoms with Gasteiger partial charge in [0.25, 0.3) is 0 Å². The number of rotatable bonds is 5. The van der Waals surface area contributed by atoms with Gasteiger partial charge in [-0.1, -0.05) is 13.3 Å². The molecule has 0 aliphatic carbocycles. The molecule has 1 aromatic heterocycles. The number of aromatic carboxylic acids is 1. The van der Waals surface area contributed by atoms with Crippen LogP contribution in [0, 0.1) is 5.92 Å². The Morgan fingerprint density at radius 3 is 2.89 bits per heavy atom. The van der Waals surface area contributed by atoms with Gasteiger partial charge in [-0.15, -0.1) is 0 Å². The van der Waals surface area contributed by atoms with Gasteiger partial charge in [-0.05, 0) is 24.5 Å². The molecule has 1 saturated heterocycles. The summed E-state index contributed by atoms with van der Waals surface area (Å²) in [7, 11) is 0. The van der Waals surface area contributed by atoms with E-state index >= 15 is 0 Å². The molecule has 1 aliphatic rings. The number of hydrogen-bond acceptors (Lipinski definition) is 3. The lowest BCUT2D eigenvalue weighted by Crippen LogP contribution is -2.25. The molecule has 0 aromatic carbocycles. The van der Waals surface area contributed by atoms with Crippen LogP contribution >= 0.6 is 0 Å². The Kier molecular flexibility index (Phi) is 4.14. The third-order valence-electron chi connectivity index (χ3n) is 3.42. The minimum absolute atomic E-state index is 0.167. The molecule has 1 aromatic rings. The van der Waals surface area contributed by atoms with Crippen molar-refractivity contribution in [3.63, 3.8) is 0 Å². The Morgan fingerprint density at radius 2 is 2.32 bits per heavy atom. The Morgan fingerprint density at radius 1 is 1.53 bits per heavy atom. The van der Waals surface area contributed by atoms with E-state index < -0.39 is 5.97 Å². The monoisotopic (exact) mass is 262 g/mol. The summed E-state index contributed by atoms with van der Waals surface area (Å²) in [6.45, 7) is 3.38. The summed E-state index contributed by atoms with van der Waals surface area (Å²) in [6, 6.07) is 3.19. The number of hydrogen-bond donors (Lipinski definition) is 1. The Bertz CT molecular complexity index is 470. The van der Waals surface area contributed by atoms with Crippen LogP contribution in [0.2, 0.25) is 0 Å². The first-order valence-electron chi connectivity index (χ1n) is 6.56. The fraction of sp³-hybridized carbons (Fsp3) is 0.500. The highest BCUT2D eigenvalue weighted by atomic mass is 16.4. The van der Waals surface area contributed by atoms with Gasteiger partial charge in [-0.25, -0.2) is 4.79 Å². The topological polar surface area (TPSA) is 70.5 Å². The normalized spacial score (nSPS) is 18.9. The van der Waals surface area contributed by atoms with Gasteiger partial charge in [-0.2, -0.15) is 0 Å². The van der Waals surface area contributed by atoms with E-state index in [1.165, 1.54) is 12.3 Å². The highest BCUT2D eigenvalue weighted by Crippen LogP contribution is 2.23. The van der Waals surface area contributed by atoms with Crippen LogP contribution in [0.3, 0.4) is 0 Å². The number of aromatic nitrogens is 1. The molecular formula is C14H18N2O3. The molecule has 1 aliphatic heterocycles. The van der Waals surface area contributed by atoms with Gasteiger partial charge in [0.1, 0.15) is 0 Å². The van der Waals surface area contributed by atoms with Crippen LogP contribution in [0.5, 0.6) is 0 Å². The smallest absolute Gasteiger partial charge is 0.337 e. The maximum absolute atomic E-state index is 11.8. The molecule has 1 amide bonds. The average Bonchev–Trinajstić information content (AvgIpc) is 2.71. The van der Waals surface area contributed by atoms with Crippen LogP contribution in [0.4, 0.5) is 0 Å². The molecule has 1 N–H and O–H groups in total. The van der Waals surface area contributed by atoms with Crippen molar-refractivity contribution in [2.24, 2.45) is 5.92 Å². The molecule has 0 saturated carbocycles. The average molecular weight is 262 g/mol. The first kappa shape index (κ1) is 13.5. The van der Waals surface area contributed by atoms with Crippen LogP contribution < -0.4 is 0 Å². The summed E-state index contributed by atoms with van der Waals surface area (Å²) in [5, 5.41) is 8.79. The van der Waals surface area contributed by atoms with E-state index in [1.807, 2.05) is 4.90 Å². The second-order valence-corrected chi connectivity index (χ2v) is 4.98. The van der Waals surface area contributed by atoms with E-state index in [-0.39, 0.29) is 11.5 Å². The lowest BCUT2D eigenvalue weighted by molar-refractivity contribution is -0.128. The molecule has 5 heteroatoms. The first-order valence-corrected chi connectivity index (χ1v) is 6.56. The molecule has 5 nitrogen and oxygen atoms in total. The summed E-state index contributed by atoms with van der Waals surface area (Å²) in [4.78, 5) is 28.5. The summed E-state index contributed by atoms with van der Waals surface area (Å²) in [5.41, 5.74) is 0.899. The molecular weight excluding hydrogens is 244 g/mol. The molecule has 1 atom stereocenters. The van der Waals surface area contributed by atoms with Crippen LogP contribution in [0.25, 0.3) is 0 Å². The van der Waals surface area contributed by atoms with E-state index in [0.717, 1.165) is 25.1 Å². The van der Waals surface area contributed by atoms with Crippen molar-refractivity contribution in [3.05, 3.63) is 29.6 Å². The maximum atomic E-state index is 11.8. The predicted molar refractivity (Wildman–Crippen MR) is 69.6 cm³/mol. The molecule has 2 heterocycles. The highest BCUT2D eigenvalue weighted by molar-refractivity contribution is 5.87. The fourth-order valence-electron chi connectivity index (χ4n) is 2.45. The van der Waals surface area contributed by atoms with Gasteiger partial charge in [0.05, 0.1) is 17.8 Å².